The summed E-state index contributed by atoms with van der Waals surface area (Å²) in [7, 11) is 0. The first kappa shape index (κ1) is 13.6. The molecular formula is C15H21NO. The summed E-state index contributed by atoms with van der Waals surface area (Å²) in [4.78, 5) is 0. The van der Waals surface area contributed by atoms with Crippen LogP contribution in [0.3, 0.4) is 0 Å². The second-order valence-electron chi connectivity index (χ2n) is 4.02. The number of nitrogens with one attached hydrogen (secondary N) is 1. The summed E-state index contributed by atoms with van der Waals surface area (Å²) >= 11 is 0. The Morgan fingerprint density at radius 1 is 1.35 bits per heavy atom. The molecular weight excluding hydrogens is 210 g/mol. The van der Waals surface area contributed by atoms with Crippen molar-refractivity contribution in [3.05, 3.63) is 29.8 Å². The van der Waals surface area contributed by atoms with Crippen molar-refractivity contribution in [2.75, 3.05) is 13.2 Å². The largest absolute Gasteiger partial charge is 0.481 e. The molecule has 0 aliphatic heterocycles. The molecule has 0 amide bonds. The van der Waals surface area contributed by atoms with Crippen LogP contribution in [0.25, 0.3) is 0 Å². The van der Waals surface area contributed by atoms with E-state index in [9.17, 15) is 0 Å². The van der Waals surface area contributed by atoms with Gasteiger partial charge in [0.05, 0.1) is 0 Å². The molecule has 0 spiro atoms. The van der Waals surface area contributed by atoms with Gasteiger partial charge in [0.1, 0.15) is 12.4 Å². The van der Waals surface area contributed by atoms with Crippen molar-refractivity contribution < 1.29 is 4.74 Å². The number of rotatable bonds is 8. The molecule has 1 aromatic rings. The Morgan fingerprint density at radius 3 is 3.00 bits per heavy atom. The Hall–Kier alpha value is -1.46. The zero-order valence-corrected chi connectivity index (χ0v) is 10.5. The lowest BCUT2D eigenvalue weighted by molar-refractivity contribution is 0.370. The first-order valence-corrected chi connectivity index (χ1v) is 6.22. The predicted octanol–water partition coefficient (Wildman–Crippen LogP) is 2.98. The summed E-state index contributed by atoms with van der Waals surface area (Å²) in [6, 6.07) is 8.05. The average Bonchev–Trinajstić information content (AvgIpc) is 2.37. The number of hydrogen-bond donors (Lipinski definition) is 1. The summed E-state index contributed by atoms with van der Waals surface area (Å²) in [6.07, 6.45) is 8.94. The third-order valence-corrected chi connectivity index (χ3v) is 2.51. The van der Waals surface area contributed by atoms with E-state index in [0.29, 0.717) is 6.61 Å². The number of ether oxygens (including phenoxy) is 1. The molecule has 92 valence electrons. The summed E-state index contributed by atoms with van der Waals surface area (Å²) in [5.41, 5.74) is 1.23. The Morgan fingerprint density at radius 2 is 2.24 bits per heavy atom. The Kier molecular flexibility index (Phi) is 6.93. The maximum absolute atomic E-state index is 5.38. The van der Waals surface area contributed by atoms with Crippen molar-refractivity contribution in [2.24, 2.45) is 0 Å². The minimum Gasteiger partial charge on any atom is -0.481 e. The fraction of sp³-hybridized carbons (Fsp3) is 0.467. The first-order valence-electron chi connectivity index (χ1n) is 6.22. The highest BCUT2D eigenvalue weighted by atomic mass is 16.5. The summed E-state index contributed by atoms with van der Waals surface area (Å²) in [6.45, 7) is 4.50. The van der Waals surface area contributed by atoms with Gasteiger partial charge < -0.3 is 10.1 Å². The van der Waals surface area contributed by atoms with Gasteiger partial charge in [0.15, 0.2) is 0 Å². The smallest absolute Gasteiger partial charge is 0.148 e. The van der Waals surface area contributed by atoms with Crippen LogP contribution in [-0.2, 0) is 6.54 Å². The fourth-order valence-electron chi connectivity index (χ4n) is 1.60. The molecule has 1 aromatic carbocycles. The van der Waals surface area contributed by atoms with E-state index in [1.54, 1.807) is 0 Å². The molecule has 2 nitrogen and oxygen atoms in total. The van der Waals surface area contributed by atoms with Crippen LogP contribution < -0.4 is 10.1 Å². The number of unbranched alkanes of at least 4 members (excludes halogenated alkanes) is 2. The maximum atomic E-state index is 5.38. The van der Waals surface area contributed by atoms with Crippen molar-refractivity contribution in [1.82, 2.24) is 5.32 Å². The quantitative estimate of drug-likeness (QED) is 0.548. The highest BCUT2D eigenvalue weighted by molar-refractivity contribution is 5.28. The van der Waals surface area contributed by atoms with Crippen molar-refractivity contribution in [3.8, 4) is 18.1 Å². The van der Waals surface area contributed by atoms with Crippen LogP contribution in [0.4, 0.5) is 0 Å². The van der Waals surface area contributed by atoms with Crippen LogP contribution in [0.15, 0.2) is 24.3 Å². The molecule has 0 radical (unpaired) electrons. The van der Waals surface area contributed by atoms with Crippen LogP contribution in [0.1, 0.15) is 31.7 Å². The summed E-state index contributed by atoms with van der Waals surface area (Å²) < 4.78 is 5.38. The molecule has 0 fully saturated rings. The molecule has 0 aliphatic rings. The number of benzene rings is 1. The third-order valence-electron chi connectivity index (χ3n) is 2.51. The van der Waals surface area contributed by atoms with Gasteiger partial charge in [-0.3, -0.25) is 0 Å². The van der Waals surface area contributed by atoms with E-state index in [4.69, 9.17) is 11.2 Å². The van der Waals surface area contributed by atoms with Crippen LogP contribution >= 0.6 is 0 Å². The van der Waals surface area contributed by atoms with E-state index >= 15 is 0 Å². The number of terminal acetylenes is 1. The molecule has 1 rings (SSSR count). The third kappa shape index (κ3) is 5.99. The van der Waals surface area contributed by atoms with E-state index in [2.05, 4.69) is 24.2 Å². The molecule has 0 bridgehead atoms. The van der Waals surface area contributed by atoms with Crippen molar-refractivity contribution in [3.63, 3.8) is 0 Å². The molecule has 2 heteroatoms. The van der Waals surface area contributed by atoms with Gasteiger partial charge >= 0.3 is 0 Å². The van der Waals surface area contributed by atoms with E-state index < -0.39 is 0 Å². The summed E-state index contributed by atoms with van der Waals surface area (Å²) in [5, 5.41) is 3.42. The summed E-state index contributed by atoms with van der Waals surface area (Å²) in [5.74, 6) is 3.31. The Labute approximate surface area is 104 Å². The lowest BCUT2D eigenvalue weighted by Gasteiger charge is -2.07. The predicted molar refractivity (Wildman–Crippen MR) is 72.0 cm³/mol. The highest BCUT2D eigenvalue weighted by Gasteiger charge is 1.96. The monoisotopic (exact) mass is 231 g/mol. The van der Waals surface area contributed by atoms with Gasteiger partial charge in [0.25, 0.3) is 0 Å². The molecule has 0 aliphatic carbocycles. The van der Waals surface area contributed by atoms with Gasteiger partial charge in [-0.2, -0.15) is 0 Å². The first-order chi connectivity index (χ1) is 8.36. The molecule has 0 saturated heterocycles. The molecule has 0 atom stereocenters. The van der Waals surface area contributed by atoms with Crippen molar-refractivity contribution >= 4 is 0 Å². The van der Waals surface area contributed by atoms with Crippen LogP contribution in [-0.4, -0.2) is 13.2 Å². The Balaban J connectivity index is 2.30. The van der Waals surface area contributed by atoms with Gasteiger partial charge in [0.2, 0.25) is 0 Å². The van der Waals surface area contributed by atoms with Gasteiger partial charge in [-0.1, -0.05) is 37.8 Å². The van der Waals surface area contributed by atoms with Gasteiger partial charge in [-0.05, 0) is 30.7 Å². The van der Waals surface area contributed by atoms with Crippen LogP contribution in [0, 0.1) is 12.3 Å². The Bertz CT molecular complexity index is 354. The minimum absolute atomic E-state index is 0.327. The van der Waals surface area contributed by atoms with E-state index in [1.165, 1.54) is 24.8 Å². The fourth-order valence-corrected chi connectivity index (χ4v) is 1.60. The lowest BCUT2D eigenvalue weighted by Crippen LogP contribution is -2.14. The van der Waals surface area contributed by atoms with E-state index in [-0.39, 0.29) is 0 Å². The standard InChI is InChI=1S/C15H21NO/c1-3-5-6-10-16-13-14-8-7-9-15(12-14)17-11-4-2/h2,7-9,12,16H,3,5-6,10-11,13H2,1H3. The van der Waals surface area contributed by atoms with Crippen LogP contribution in [0.2, 0.25) is 0 Å². The highest BCUT2D eigenvalue weighted by Crippen LogP contribution is 2.12. The van der Waals surface area contributed by atoms with Crippen LogP contribution in [0.5, 0.6) is 5.75 Å². The molecule has 1 N–H and O–H groups in total. The van der Waals surface area contributed by atoms with Crippen molar-refractivity contribution in [2.45, 2.75) is 32.7 Å². The molecule has 0 aromatic heterocycles. The van der Waals surface area contributed by atoms with Crippen molar-refractivity contribution in [1.29, 1.82) is 0 Å². The van der Waals surface area contributed by atoms with E-state index in [0.717, 1.165) is 18.8 Å². The SMILES string of the molecule is C#CCOc1cccc(CNCCCCC)c1. The topological polar surface area (TPSA) is 21.3 Å². The normalized spacial score (nSPS) is 9.88. The second-order valence-corrected chi connectivity index (χ2v) is 4.02. The lowest BCUT2D eigenvalue weighted by atomic mass is 10.2. The maximum Gasteiger partial charge on any atom is 0.148 e. The van der Waals surface area contributed by atoms with Gasteiger partial charge in [-0.25, -0.2) is 0 Å². The molecule has 17 heavy (non-hydrogen) atoms. The van der Waals surface area contributed by atoms with E-state index in [1.807, 2.05) is 18.2 Å². The molecule has 0 unspecified atom stereocenters. The zero-order valence-electron chi connectivity index (χ0n) is 10.5. The molecule has 0 saturated carbocycles. The minimum atomic E-state index is 0.327. The molecule has 0 heterocycles. The van der Waals surface area contributed by atoms with Gasteiger partial charge in [0, 0.05) is 6.54 Å². The average molecular weight is 231 g/mol. The van der Waals surface area contributed by atoms with Gasteiger partial charge in [-0.15, -0.1) is 6.42 Å². The second kappa shape index (κ2) is 8.66. The number of hydrogen-bond acceptors (Lipinski definition) is 2. The zero-order chi connectivity index (χ0) is 12.3.